The molecule has 17 heavy (non-hydrogen) atoms. The van der Waals surface area contributed by atoms with Gasteiger partial charge in [-0.25, -0.2) is 0 Å². The third-order valence-corrected chi connectivity index (χ3v) is 3.64. The molecule has 2 aromatic rings. The summed E-state index contributed by atoms with van der Waals surface area (Å²) in [5, 5.41) is 4.72. The molecule has 0 amide bonds. The minimum absolute atomic E-state index is 0.678. The first kappa shape index (κ1) is 12.2. The number of nitrogens with zero attached hydrogens (tertiary/aromatic N) is 1. The van der Waals surface area contributed by atoms with Gasteiger partial charge in [0.05, 0.1) is 5.52 Å². The van der Waals surface area contributed by atoms with Crippen molar-refractivity contribution in [3.05, 3.63) is 36.5 Å². The number of benzene rings is 1. The van der Waals surface area contributed by atoms with Crippen LogP contribution in [0.2, 0.25) is 0 Å². The molecule has 1 N–H and O–H groups in total. The molecule has 1 atom stereocenters. The van der Waals surface area contributed by atoms with Crippen LogP contribution in [0, 0.1) is 5.92 Å². The maximum Gasteiger partial charge on any atom is 0.0722 e. The maximum atomic E-state index is 4.36. The lowest BCUT2D eigenvalue weighted by Crippen LogP contribution is -2.13. The van der Waals surface area contributed by atoms with Crippen LogP contribution in [0.25, 0.3) is 10.9 Å². The Morgan fingerprint density at radius 2 is 2.12 bits per heavy atom. The number of nitrogens with one attached hydrogen (secondary N) is 1. The molecule has 0 fully saturated rings. The SMILES string of the molecule is CSCC(C)CNc1ccnc2ccccc12. The number of rotatable bonds is 5. The average Bonchev–Trinajstić information content (AvgIpc) is 2.36. The summed E-state index contributed by atoms with van der Waals surface area (Å²) in [7, 11) is 0. The Kier molecular flexibility index (Phi) is 4.26. The van der Waals surface area contributed by atoms with Gasteiger partial charge in [0.1, 0.15) is 0 Å². The van der Waals surface area contributed by atoms with E-state index in [1.54, 1.807) is 0 Å². The molecule has 1 aromatic heterocycles. The molecule has 0 aliphatic rings. The predicted octanol–water partition coefficient (Wildman–Crippen LogP) is 3.65. The van der Waals surface area contributed by atoms with Crippen molar-refractivity contribution in [2.24, 2.45) is 5.92 Å². The number of thioether (sulfide) groups is 1. The highest BCUT2D eigenvalue weighted by atomic mass is 32.2. The molecular weight excluding hydrogens is 228 g/mol. The summed E-state index contributed by atoms with van der Waals surface area (Å²) in [6, 6.07) is 10.3. The lowest BCUT2D eigenvalue weighted by atomic mass is 10.1. The summed E-state index contributed by atoms with van der Waals surface area (Å²) in [5.41, 5.74) is 2.23. The zero-order valence-electron chi connectivity index (χ0n) is 10.3. The number of anilines is 1. The predicted molar refractivity (Wildman–Crippen MR) is 77.8 cm³/mol. The van der Waals surface area contributed by atoms with Crippen molar-refractivity contribution < 1.29 is 0 Å². The van der Waals surface area contributed by atoms with Gasteiger partial charge in [0.25, 0.3) is 0 Å². The van der Waals surface area contributed by atoms with Crippen molar-refractivity contribution in [1.82, 2.24) is 4.98 Å². The molecule has 90 valence electrons. The van der Waals surface area contributed by atoms with Crippen molar-refractivity contribution in [3.8, 4) is 0 Å². The highest BCUT2D eigenvalue weighted by Gasteiger charge is 2.03. The van der Waals surface area contributed by atoms with Crippen molar-refractivity contribution >= 4 is 28.4 Å². The summed E-state index contributed by atoms with van der Waals surface area (Å²) < 4.78 is 0. The molecule has 1 aromatic carbocycles. The Balaban J connectivity index is 2.13. The Labute approximate surface area is 107 Å². The van der Waals surface area contributed by atoms with Crippen LogP contribution < -0.4 is 5.32 Å². The molecule has 3 heteroatoms. The van der Waals surface area contributed by atoms with E-state index in [0.29, 0.717) is 5.92 Å². The van der Waals surface area contributed by atoms with Gasteiger partial charge in [-0.3, -0.25) is 4.98 Å². The topological polar surface area (TPSA) is 24.9 Å². The number of para-hydroxylation sites is 1. The van der Waals surface area contributed by atoms with Gasteiger partial charge >= 0.3 is 0 Å². The standard InChI is InChI=1S/C14H18N2S/c1-11(10-17-2)9-16-14-7-8-15-13-6-4-3-5-12(13)14/h3-8,11H,9-10H2,1-2H3,(H,15,16). The van der Waals surface area contributed by atoms with Gasteiger partial charge in [-0.15, -0.1) is 0 Å². The van der Waals surface area contributed by atoms with E-state index in [9.17, 15) is 0 Å². The van der Waals surface area contributed by atoms with Crippen LogP contribution in [0.4, 0.5) is 5.69 Å². The molecule has 1 heterocycles. The molecule has 0 aliphatic heterocycles. The fourth-order valence-corrected chi connectivity index (χ4v) is 2.56. The van der Waals surface area contributed by atoms with E-state index in [-0.39, 0.29) is 0 Å². The molecule has 1 unspecified atom stereocenters. The van der Waals surface area contributed by atoms with E-state index >= 15 is 0 Å². The van der Waals surface area contributed by atoms with Crippen LogP contribution in [0.5, 0.6) is 0 Å². The highest BCUT2D eigenvalue weighted by Crippen LogP contribution is 2.21. The zero-order chi connectivity index (χ0) is 12.1. The van der Waals surface area contributed by atoms with Crippen molar-refractivity contribution in [1.29, 1.82) is 0 Å². The number of hydrogen-bond acceptors (Lipinski definition) is 3. The summed E-state index contributed by atoms with van der Waals surface area (Å²) in [4.78, 5) is 4.36. The fourth-order valence-electron chi connectivity index (χ4n) is 1.88. The second-order valence-electron chi connectivity index (χ2n) is 4.32. The molecule has 0 saturated heterocycles. The maximum absolute atomic E-state index is 4.36. The van der Waals surface area contributed by atoms with Crippen LogP contribution in [-0.2, 0) is 0 Å². The Hall–Kier alpha value is -1.22. The second-order valence-corrected chi connectivity index (χ2v) is 5.23. The molecule has 0 bridgehead atoms. The number of aromatic nitrogens is 1. The van der Waals surface area contributed by atoms with Crippen molar-refractivity contribution in [2.45, 2.75) is 6.92 Å². The fraction of sp³-hybridized carbons (Fsp3) is 0.357. The molecule has 2 nitrogen and oxygen atoms in total. The first-order valence-corrected chi connectivity index (χ1v) is 7.27. The third-order valence-electron chi connectivity index (χ3n) is 2.74. The zero-order valence-corrected chi connectivity index (χ0v) is 11.1. The number of hydrogen-bond donors (Lipinski definition) is 1. The van der Waals surface area contributed by atoms with Crippen LogP contribution in [-0.4, -0.2) is 23.5 Å². The molecule has 0 saturated carbocycles. The second kappa shape index (κ2) is 5.92. The normalized spacial score (nSPS) is 12.6. The minimum atomic E-state index is 0.678. The Morgan fingerprint density at radius 3 is 2.94 bits per heavy atom. The smallest absolute Gasteiger partial charge is 0.0722 e. The molecular formula is C14H18N2S. The molecule has 0 aliphatic carbocycles. The first-order chi connectivity index (χ1) is 8.31. The lowest BCUT2D eigenvalue weighted by Gasteiger charge is -2.13. The van der Waals surface area contributed by atoms with E-state index < -0.39 is 0 Å². The van der Waals surface area contributed by atoms with Gasteiger partial charge < -0.3 is 5.32 Å². The lowest BCUT2D eigenvalue weighted by molar-refractivity contribution is 0.702. The van der Waals surface area contributed by atoms with Crippen molar-refractivity contribution in [2.75, 3.05) is 23.9 Å². The summed E-state index contributed by atoms with van der Waals surface area (Å²) in [6.07, 6.45) is 4.02. The van der Waals surface area contributed by atoms with Gasteiger partial charge in [0, 0.05) is 23.8 Å². The van der Waals surface area contributed by atoms with Crippen molar-refractivity contribution in [3.63, 3.8) is 0 Å². The minimum Gasteiger partial charge on any atom is -0.384 e. The van der Waals surface area contributed by atoms with Gasteiger partial charge in [-0.1, -0.05) is 25.1 Å². The summed E-state index contributed by atoms with van der Waals surface area (Å²) in [6.45, 7) is 3.28. The van der Waals surface area contributed by atoms with Crippen LogP contribution in [0.1, 0.15) is 6.92 Å². The Bertz CT molecular complexity index is 479. The van der Waals surface area contributed by atoms with Gasteiger partial charge in [-0.2, -0.15) is 11.8 Å². The van der Waals surface area contributed by atoms with Gasteiger partial charge in [0.15, 0.2) is 0 Å². The monoisotopic (exact) mass is 246 g/mol. The highest BCUT2D eigenvalue weighted by molar-refractivity contribution is 7.98. The average molecular weight is 246 g/mol. The van der Waals surface area contributed by atoms with E-state index in [2.05, 4.69) is 35.6 Å². The quantitative estimate of drug-likeness (QED) is 0.871. The third kappa shape index (κ3) is 3.13. The number of fused-ring (bicyclic) bond motifs is 1. The summed E-state index contributed by atoms with van der Waals surface area (Å²) >= 11 is 1.90. The first-order valence-electron chi connectivity index (χ1n) is 5.88. The van der Waals surface area contributed by atoms with Gasteiger partial charge in [0.2, 0.25) is 0 Å². The largest absolute Gasteiger partial charge is 0.384 e. The summed E-state index contributed by atoms with van der Waals surface area (Å²) in [5.74, 6) is 1.87. The number of pyridine rings is 1. The van der Waals surface area contributed by atoms with E-state index in [1.165, 1.54) is 16.8 Å². The van der Waals surface area contributed by atoms with Gasteiger partial charge in [-0.05, 0) is 30.1 Å². The van der Waals surface area contributed by atoms with E-state index in [1.807, 2.05) is 36.2 Å². The molecule has 0 radical (unpaired) electrons. The Morgan fingerprint density at radius 1 is 1.29 bits per heavy atom. The molecule has 0 spiro atoms. The van der Waals surface area contributed by atoms with E-state index in [4.69, 9.17) is 0 Å². The van der Waals surface area contributed by atoms with Crippen LogP contribution in [0.15, 0.2) is 36.5 Å². The van der Waals surface area contributed by atoms with E-state index in [0.717, 1.165) is 12.1 Å². The van der Waals surface area contributed by atoms with Crippen LogP contribution >= 0.6 is 11.8 Å². The molecule has 2 rings (SSSR count). The van der Waals surface area contributed by atoms with Crippen LogP contribution in [0.3, 0.4) is 0 Å².